The van der Waals surface area contributed by atoms with Crippen LogP contribution in [0.4, 0.5) is 0 Å². The Morgan fingerprint density at radius 1 is 1.00 bits per heavy atom. The van der Waals surface area contributed by atoms with Gasteiger partial charge in [-0.05, 0) is 43.9 Å². The zero-order valence-corrected chi connectivity index (χ0v) is 17.2. The van der Waals surface area contributed by atoms with Gasteiger partial charge in [0.15, 0.2) is 0 Å². The molecule has 5 heterocycles. The van der Waals surface area contributed by atoms with Crippen molar-refractivity contribution in [1.29, 1.82) is 0 Å². The normalized spacial score (nSPS) is 24.4. The Balaban J connectivity index is 1.80. The summed E-state index contributed by atoms with van der Waals surface area (Å²) < 4.78 is 11.7. The molecule has 1 fully saturated rings. The van der Waals surface area contributed by atoms with Gasteiger partial charge in [0.05, 0.1) is 27.6 Å². The second kappa shape index (κ2) is 5.11. The van der Waals surface area contributed by atoms with E-state index < -0.39 is 5.72 Å². The number of ether oxygens (including phenoxy) is 1. The van der Waals surface area contributed by atoms with Crippen molar-refractivity contribution in [3.63, 3.8) is 0 Å². The molecule has 3 aliphatic heterocycles. The number of rotatable bonds is 0. The van der Waals surface area contributed by atoms with Crippen LogP contribution in [0.1, 0.15) is 48.3 Å². The predicted octanol–water partition coefficient (Wildman–Crippen LogP) is 5.53. The highest BCUT2D eigenvalue weighted by molar-refractivity contribution is 6.30. The molecule has 5 nitrogen and oxygen atoms in total. The largest absolute Gasteiger partial charge is 0.348 e. The quantitative estimate of drug-likeness (QED) is 0.367. The van der Waals surface area contributed by atoms with E-state index in [1.807, 2.05) is 0 Å². The van der Waals surface area contributed by atoms with Gasteiger partial charge in [0.1, 0.15) is 12.0 Å². The van der Waals surface area contributed by atoms with E-state index >= 15 is 0 Å². The van der Waals surface area contributed by atoms with Crippen molar-refractivity contribution in [2.45, 2.75) is 44.7 Å². The third-order valence-electron chi connectivity index (χ3n) is 7.76. The Hall–Kier alpha value is -3.31. The molecule has 152 valence electrons. The second-order valence-corrected chi connectivity index (χ2v) is 9.36. The van der Waals surface area contributed by atoms with E-state index in [0.717, 1.165) is 52.2 Å². The Labute approximate surface area is 178 Å². The fourth-order valence-electron chi connectivity index (χ4n) is 6.63. The third-order valence-corrected chi connectivity index (χ3v) is 7.76. The molecule has 1 N–H and O–H groups in total. The Morgan fingerprint density at radius 2 is 1.74 bits per heavy atom. The summed E-state index contributed by atoms with van der Waals surface area (Å²) in [6, 6.07) is 17.1. The van der Waals surface area contributed by atoms with Crippen LogP contribution >= 0.6 is 0 Å². The molecule has 2 aromatic heterocycles. The van der Waals surface area contributed by atoms with Crippen LogP contribution in [0.2, 0.25) is 0 Å². The van der Waals surface area contributed by atoms with Crippen LogP contribution in [-0.2, 0) is 17.0 Å². The summed E-state index contributed by atoms with van der Waals surface area (Å²) in [5, 5.41) is 7.76. The first-order chi connectivity index (χ1) is 15.2. The number of amides is 1. The Bertz CT molecular complexity index is 1640. The molecular weight excluding hydrogens is 386 g/mol. The highest BCUT2D eigenvalue weighted by Crippen LogP contribution is 2.52. The molecule has 2 bridgehead atoms. The minimum absolute atomic E-state index is 0.0365. The van der Waals surface area contributed by atoms with E-state index in [1.165, 1.54) is 21.8 Å². The van der Waals surface area contributed by atoms with Crippen molar-refractivity contribution < 1.29 is 9.53 Å². The monoisotopic (exact) mass is 407 g/mol. The van der Waals surface area contributed by atoms with Crippen LogP contribution in [0.15, 0.2) is 48.5 Å². The van der Waals surface area contributed by atoms with Crippen molar-refractivity contribution in [2.75, 3.05) is 0 Å². The predicted molar refractivity (Wildman–Crippen MR) is 121 cm³/mol. The average molecular weight is 407 g/mol. The van der Waals surface area contributed by atoms with Gasteiger partial charge in [-0.2, -0.15) is 0 Å². The van der Waals surface area contributed by atoms with Crippen LogP contribution < -0.4 is 5.32 Å². The smallest absolute Gasteiger partial charge is 0.252 e. The van der Waals surface area contributed by atoms with Crippen LogP contribution in [-0.4, -0.2) is 15.0 Å². The molecule has 0 unspecified atom stereocenters. The summed E-state index contributed by atoms with van der Waals surface area (Å²) in [4.78, 5) is 13.2. The van der Waals surface area contributed by atoms with Gasteiger partial charge in [0, 0.05) is 28.1 Å². The first-order valence-corrected chi connectivity index (χ1v) is 11.1. The molecule has 0 aliphatic carbocycles. The van der Waals surface area contributed by atoms with Crippen LogP contribution in [0.5, 0.6) is 0 Å². The Morgan fingerprint density at radius 3 is 2.58 bits per heavy atom. The van der Waals surface area contributed by atoms with E-state index in [4.69, 9.17) is 4.74 Å². The second-order valence-electron chi connectivity index (χ2n) is 9.36. The molecule has 8 rings (SSSR count). The SMILES string of the molecule is C[C@@]12CCC[C@@H](O1)n1c3ccccc3c3c4c(c5c6ccccc6n2c5c31)CNC4=O. The zero-order valence-electron chi connectivity index (χ0n) is 17.2. The summed E-state index contributed by atoms with van der Waals surface area (Å²) in [6.45, 7) is 2.82. The number of aromatic nitrogens is 2. The molecule has 0 spiro atoms. The highest BCUT2D eigenvalue weighted by atomic mass is 16.5. The van der Waals surface area contributed by atoms with E-state index in [0.29, 0.717) is 6.54 Å². The summed E-state index contributed by atoms with van der Waals surface area (Å²) >= 11 is 0. The number of hydrogen-bond donors (Lipinski definition) is 1. The summed E-state index contributed by atoms with van der Waals surface area (Å²) in [6.07, 6.45) is 3.04. The minimum Gasteiger partial charge on any atom is -0.348 e. The standard InChI is InChI=1S/C26H21N3O2/c1-26-12-6-11-19(31-26)28-17-9-4-2-7-14(17)21-22-16(13-27-25(22)30)20-15-8-3-5-10-18(15)29(26)24(20)23(21)28/h2-5,7-10,19H,6,11-13H2,1H3,(H,27,30)/t19-,26+/m1/s1. The number of benzene rings is 3. The van der Waals surface area contributed by atoms with Gasteiger partial charge in [-0.1, -0.05) is 36.4 Å². The number of carbonyl (C=O) groups is 1. The fraction of sp³-hybridized carbons (Fsp3) is 0.269. The number of para-hydroxylation sites is 2. The van der Waals surface area contributed by atoms with Gasteiger partial charge in [0.2, 0.25) is 0 Å². The number of nitrogens with one attached hydrogen (secondary N) is 1. The lowest BCUT2D eigenvalue weighted by atomic mass is 9.97. The molecule has 1 amide bonds. The summed E-state index contributed by atoms with van der Waals surface area (Å²) in [5.74, 6) is 0.0379. The maximum absolute atomic E-state index is 13.2. The van der Waals surface area contributed by atoms with E-state index in [-0.39, 0.29) is 12.1 Å². The molecular formula is C26H21N3O2. The summed E-state index contributed by atoms with van der Waals surface area (Å²) in [5.41, 5.74) is 6.27. The van der Waals surface area contributed by atoms with Crippen molar-refractivity contribution in [3.8, 4) is 0 Å². The maximum atomic E-state index is 13.2. The number of carbonyl (C=O) groups excluding carboxylic acids is 1. The van der Waals surface area contributed by atoms with Gasteiger partial charge in [0.25, 0.3) is 5.91 Å². The average Bonchev–Trinajstić information content (AvgIpc) is 3.41. The van der Waals surface area contributed by atoms with Gasteiger partial charge < -0.3 is 19.2 Å². The van der Waals surface area contributed by atoms with E-state index in [2.05, 4.69) is 69.9 Å². The lowest BCUT2D eigenvalue weighted by molar-refractivity contribution is -0.186. The van der Waals surface area contributed by atoms with Crippen molar-refractivity contribution in [3.05, 3.63) is 59.7 Å². The Kier molecular flexibility index (Phi) is 2.70. The maximum Gasteiger partial charge on any atom is 0.252 e. The molecule has 1 saturated heterocycles. The molecule has 31 heavy (non-hydrogen) atoms. The van der Waals surface area contributed by atoms with Gasteiger partial charge in [-0.15, -0.1) is 0 Å². The number of fused-ring (bicyclic) bond motifs is 13. The number of nitrogens with zero attached hydrogens (tertiary/aromatic N) is 2. The first kappa shape index (κ1) is 16.4. The molecule has 0 saturated carbocycles. The first-order valence-electron chi connectivity index (χ1n) is 11.1. The summed E-state index contributed by atoms with van der Waals surface area (Å²) in [7, 11) is 0. The highest BCUT2D eigenvalue weighted by Gasteiger charge is 2.43. The lowest BCUT2D eigenvalue weighted by Crippen LogP contribution is -2.37. The molecule has 5 aromatic rings. The molecule has 5 heteroatoms. The minimum atomic E-state index is -0.415. The molecule has 2 atom stereocenters. The van der Waals surface area contributed by atoms with Gasteiger partial charge >= 0.3 is 0 Å². The van der Waals surface area contributed by atoms with Gasteiger partial charge in [-0.3, -0.25) is 4.79 Å². The van der Waals surface area contributed by atoms with Gasteiger partial charge in [-0.25, -0.2) is 0 Å². The molecule has 0 radical (unpaired) electrons. The van der Waals surface area contributed by atoms with Crippen molar-refractivity contribution in [2.24, 2.45) is 0 Å². The number of hydrogen-bond acceptors (Lipinski definition) is 2. The van der Waals surface area contributed by atoms with E-state index in [1.54, 1.807) is 0 Å². The molecule has 3 aromatic carbocycles. The third kappa shape index (κ3) is 1.70. The van der Waals surface area contributed by atoms with Crippen LogP contribution in [0.3, 0.4) is 0 Å². The van der Waals surface area contributed by atoms with E-state index in [9.17, 15) is 4.79 Å². The fourth-order valence-corrected chi connectivity index (χ4v) is 6.63. The van der Waals surface area contributed by atoms with Crippen molar-refractivity contribution in [1.82, 2.24) is 14.5 Å². The zero-order chi connectivity index (χ0) is 20.5. The topological polar surface area (TPSA) is 48.2 Å². The van der Waals surface area contributed by atoms with Crippen molar-refractivity contribution >= 4 is 49.5 Å². The van der Waals surface area contributed by atoms with Crippen LogP contribution in [0, 0.1) is 0 Å². The molecule has 3 aliphatic rings. The lowest BCUT2D eigenvalue weighted by Gasteiger charge is -2.39. The van der Waals surface area contributed by atoms with Crippen LogP contribution in [0.25, 0.3) is 43.6 Å².